The van der Waals surface area contributed by atoms with Crippen molar-refractivity contribution in [2.24, 2.45) is 0 Å². The minimum Gasteiger partial charge on any atom is -0.378 e. The van der Waals surface area contributed by atoms with Crippen molar-refractivity contribution in [3.05, 3.63) is 72.1 Å². The molecule has 3 aromatic heterocycles. The number of aryl methyl sites for hydroxylation is 1. The van der Waals surface area contributed by atoms with Crippen LogP contribution in [0.15, 0.2) is 55.1 Å². The number of anilines is 1. The number of nitrogens with one attached hydrogen (secondary N) is 2. The average molecular weight is 443 g/mol. The summed E-state index contributed by atoms with van der Waals surface area (Å²) >= 11 is 0. The van der Waals surface area contributed by atoms with Crippen molar-refractivity contribution < 1.29 is 9.53 Å². The highest BCUT2D eigenvalue weighted by atomic mass is 16.5. The van der Waals surface area contributed by atoms with Gasteiger partial charge in [0.05, 0.1) is 31.1 Å². The molecule has 4 heterocycles. The molecule has 1 aliphatic rings. The second kappa shape index (κ2) is 8.99. The molecule has 0 saturated carbocycles. The zero-order chi connectivity index (χ0) is 22.8. The van der Waals surface area contributed by atoms with Crippen LogP contribution in [0.25, 0.3) is 22.2 Å². The number of fused-ring (bicyclic) bond motifs is 1. The van der Waals surface area contributed by atoms with Gasteiger partial charge in [-0.3, -0.25) is 4.79 Å². The van der Waals surface area contributed by atoms with Crippen molar-refractivity contribution in [3.63, 3.8) is 0 Å². The van der Waals surface area contributed by atoms with Gasteiger partial charge in [-0.15, -0.1) is 0 Å². The largest absolute Gasteiger partial charge is 0.378 e. The smallest absolute Gasteiger partial charge is 0.289 e. The van der Waals surface area contributed by atoms with Crippen LogP contribution >= 0.6 is 0 Å². The fourth-order valence-corrected chi connectivity index (χ4v) is 4.09. The van der Waals surface area contributed by atoms with Crippen LogP contribution in [0, 0.1) is 6.92 Å². The van der Waals surface area contributed by atoms with Crippen molar-refractivity contribution in [2.75, 3.05) is 31.2 Å². The normalized spacial score (nSPS) is 14.9. The van der Waals surface area contributed by atoms with Gasteiger partial charge in [-0.25, -0.2) is 15.0 Å². The predicted molar refractivity (Wildman–Crippen MR) is 127 cm³/mol. The number of ether oxygens (including phenoxy) is 1. The fraction of sp³-hybridized carbons (Fsp3) is 0.280. The van der Waals surface area contributed by atoms with Crippen molar-refractivity contribution in [3.8, 4) is 11.1 Å². The number of pyridine rings is 1. The number of carbonyl (C=O) groups excluding carboxylic acids is 1. The summed E-state index contributed by atoms with van der Waals surface area (Å²) in [5.74, 6) is -0.157. The van der Waals surface area contributed by atoms with Crippen LogP contribution in [-0.2, 0) is 4.74 Å². The summed E-state index contributed by atoms with van der Waals surface area (Å²) in [5, 5.41) is 3.96. The Morgan fingerprint density at radius 3 is 2.67 bits per heavy atom. The number of hydrogen-bond acceptors (Lipinski definition) is 6. The van der Waals surface area contributed by atoms with E-state index in [-0.39, 0.29) is 17.8 Å². The maximum Gasteiger partial charge on any atom is 0.289 e. The van der Waals surface area contributed by atoms with E-state index in [9.17, 15) is 4.79 Å². The van der Waals surface area contributed by atoms with E-state index in [1.165, 1.54) is 0 Å². The number of rotatable bonds is 5. The molecule has 0 radical (unpaired) electrons. The number of benzene rings is 1. The average Bonchev–Trinajstić information content (AvgIpc) is 3.28. The van der Waals surface area contributed by atoms with E-state index >= 15 is 0 Å². The maximum absolute atomic E-state index is 12.7. The van der Waals surface area contributed by atoms with Crippen LogP contribution in [0.4, 0.5) is 5.69 Å². The minimum atomic E-state index is -0.300. The summed E-state index contributed by atoms with van der Waals surface area (Å²) in [6.45, 7) is 7.12. The van der Waals surface area contributed by atoms with Gasteiger partial charge in [0.25, 0.3) is 5.91 Å². The highest BCUT2D eigenvalue weighted by Crippen LogP contribution is 2.30. The van der Waals surface area contributed by atoms with Crippen molar-refractivity contribution in [1.29, 1.82) is 0 Å². The van der Waals surface area contributed by atoms with Crippen molar-refractivity contribution >= 4 is 22.6 Å². The van der Waals surface area contributed by atoms with Crippen LogP contribution in [0.2, 0.25) is 0 Å². The number of nitrogens with zero attached hydrogens (tertiary/aromatic N) is 4. The summed E-state index contributed by atoms with van der Waals surface area (Å²) < 4.78 is 5.45. The van der Waals surface area contributed by atoms with Crippen molar-refractivity contribution in [2.45, 2.75) is 19.9 Å². The zero-order valence-electron chi connectivity index (χ0n) is 18.7. The number of H-pyrrole nitrogens is 1. The van der Waals surface area contributed by atoms with Crippen LogP contribution in [0.5, 0.6) is 0 Å². The topological polar surface area (TPSA) is 96.0 Å². The molecule has 168 valence electrons. The van der Waals surface area contributed by atoms with Crippen LogP contribution in [-0.4, -0.2) is 52.1 Å². The van der Waals surface area contributed by atoms with Gasteiger partial charge < -0.3 is 19.9 Å². The number of aromatic nitrogens is 4. The Morgan fingerprint density at radius 1 is 1.12 bits per heavy atom. The Labute approximate surface area is 192 Å². The summed E-state index contributed by atoms with van der Waals surface area (Å²) in [5.41, 5.74) is 5.84. The lowest BCUT2D eigenvalue weighted by molar-refractivity contribution is 0.0929. The Hall–Kier alpha value is -3.78. The third kappa shape index (κ3) is 4.42. The second-order valence-electron chi connectivity index (χ2n) is 8.30. The second-order valence-corrected chi connectivity index (χ2v) is 8.30. The lowest BCUT2D eigenvalue weighted by Gasteiger charge is -2.28. The molecule has 8 nitrogen and oxygen atoms in total. The van der Waals surface area contributed by atoms with Gasteiger partial charge in [0.1, 0.15) is 5.65 Å². The molecule has 2 N–H and O–H groups in total. The van der Waals surface area contributed by atoms with Gasteiger partial charge in [0, 0.05) is 48.2 Å². The molecule has 5 rings (SSSR count). The molecule has 1 aliphatic heterocycles. The molecule has 0 aliphatic carbocycles. The highest BCUT2D eigenvalue weighted by Gasteiger charge is 2.17. The maximum atomic E-state index is 12.7. The van der Waals surface area contributed by atoms with E-state index < -0.39 is 0 Å². The van der Waals surface area contributed by atoms with Crippen LogP contribution < -0.4 is 10.2 Å². The Bertz CT molecular complexity index is 1280. The summed E-state index contributed by atoms with van der Waals surface area (Å²) in [7, 11) is 0. The number of aromatic amines is 1. The number of hydrogen-bond donors (Lipinski definition) is 2. The summed E-state index contributed by atoms with van der Waals surface area (Å²) in [4.78, 5) is 31.4. The van der Waals surface area contributed by atoms with E-state index in [2.05, 4.69) is 42.3 Å². The Morgan fingerprint density at radius 2 is 1.91 bits per heavy atom. The van der Waals surface area contributed by atoms with Gasteiger partial charge in [-0.2, -0.15) is 0 Å². The molecule has 4 aromatic rings. The summed E-state index contributed by atoms with van der Waals surface area (Å²) in [6.07, 6.45) is 7.15. The molecular formula is C25H26N6O2. The first-order valence-corrected chi connectivity index (χ1v) is 11.1. The molecule has 1 saturated heterocycles. The lowest BCUT2D eigenvalue weighted by atomic mass is 10.1. The molecule has 0 spiro atoms. The van der Waals surface area contributed by atoms with E-state index in [1.807, 2.05) is 44.4 Å². The number of morpholine rings is 1. The number of carbonyl (C=O) groups is 1. The molecular weight excluding hydrogens is 416 g/mol. The SMILES string of the molecule is Cc1cccc([C@H](C)NC(=O)c2ncc(-c3c[nH]c4ncc(N5CCOCC5)cc34)cn2)c1. The van der Waals surface area contributed by atoms with E-state index in [0.717, 1.165) is 65.3 Å². The van der Waals surface area contributed by atoms with Crippen molar-refractivity contribution in [1.82, 2.24) is 25.3 Å². The zero-order valence-corrected chi connectivity index (χ0v) is 18.7. The molecule has 8 heteroatoms. The molecule has 1 amide bonds. The van der Waals surface area contributed by atoms with E-state index in [4.69, 9.17) is 4.74 Å². The van der Waals surface area contributed by atoms with Gasteiger partial charge in [-0.1, -0.05) is 29.8 Å². The molecule has 1 aromatic carbocycles. The van der Waals surface area contributed by atoms with Gasteiger partial charge in [0.2, 0.25) is 5.82 Å². The molecule has 0 bridgehead atoms. The van der Waals surface area contributed by atoms with Gasteiger partial charge >= 0.3 is 0 Å². The molecule has 1 fully saturated rings. The van der Waals surface area contributed by atoms with E-state index in [0.29, 0.717) is 0 Å². The van der Waals surface area contributed by atoms with Gasteiger partial charge in [0.15, 0.2) is 0 Å². The lowest BCUT2D eigenvalue weighted by Crippen LogP contribution is -2.36. The molecule has 1 atom stereocenters. The monoisotopic (exact) mass is 442 g/mol. The molecule has 33 heavy (non-hydrogen) atoms. The van der Waals surface area contributed by atoms with Crippen LogP contribution in [0.3, 0.4) is 0 Å². The van der Waals surface area contributed by atoms with Crippen LogP contribution in [0.1, 0.15) is 34.7 Å². The summed E-state index contributed by atoms with van der Waals surface area (Å²) in [6, 6.07) is 10.1. The minimum absolute atomic E-state index is 0.140. The first kappa shape index (κ1) is 21.1. The highest BCUT2D eigenvalue weighted by molar-refractivity contribution is 5.95. The standard InChI is InChI=1S/C25H26N6O2/c1-16-4-3-5-18(10-16)17(2)30-25(32)24-26-12-19(13-27-24)22-15-29-23-21(22)11-20(14-28-23)31-6-8-33-9-7-31/h3-5,10-15,17H,6-9H2,1-2H3,(H,28,29)(H,30,32)/t17-/m0/s1. The number of amides is 1. The third-order valence-electron chi connectivity index (χ3n) is 5.95. The predicted octanol–water partition coefficient (Wildman–Crippen LogP) is 3.66. The fourth-order valence-electron chi connectivity index (χ4n) is 4.09. The quantitative estimate of drug-likeness (QED) is 0.490. The third-order valence-corrected chi connectivity index (χ3v) is 5.95. The first-order chi connectivity index (χ1) is 16.1. The molecule has 0 unspecified atom stereocenters. The van der Waals surface area contributed by atoms with E-state index in [1.54, 1.807) is 12.4 Å². The Kier molecular flexibility index (Phi) is 5.75. The first-order valence-electron chi connectivity index (χ1n) is 11.1. The Balaban J connectivity index is 1.35. The van der Waals surface area contributed by atoms with Gasteiger partial charge in [-0.05, 0) is 25.5 Å².